The maximum absolute atomic E-state index is 12.3. The van der Waals surface area contributed by atoms with Gasteiger partial charge in [0.25, 0.3) is 0 Å². The molecule has 0 fully saturated rings. The lowest BCUT2D eigenvalue weighted by Gasteiger charge is -2.20. The summed E-state index contributed by atoms with van der Waals surface area (Å²) in [4.78, 5) is 14.2. The minimum atomic E-state index is 0. The van der Waals surface area contributed by atoms with Crippen LogP contribution in [0.4, 0.5) is 0 Å². The van der Waals surface area contributed by atoms with E-state index in [2.05, 4.69) is 24.5 Å². The predicted molar refractivity (Wildman–Crippen MR) is 150 cm³/mol. The number of unbranched alkanes of at least 4 members (excludes halogenated alkanes) is 11. The summed E-state index contributed by atoms with van der Waals surface area (Å²) in [5.74, 6) is 0.773. The summed E-state index contributed by atoms with van der Waals surface area (Å²) in [6.07, 6.45) is 18.0. The number of halogens is 2. The lowest BCUT2D eigenvalue weighted by molar-refractivity contribution is -0.701. The summed E-state index contributed by atoms with van der Waals surface area (Å²) in [7, 11) is 0. The highest BCUT2D eigenvalue weighted by molar-refractivity contribution is 6.32. The first-order valence-electron chi connectivity index (χ1n) is 14.2. The minimum Gasteiger partial charge on any atom is -1.00 e. The van der Waals surface area contributed by atoms with Crippen molar-refractivity contribution in [2.45, 2.75) is 117 Å². The summed E-state index contributed by atoms with van der Waals surface area (Å²) in [6, 6.07) is 12.0. The zero-order valence-corrected chi connectivity index (χ0v) is 26.2. The van der Waals surface area contributed by atoms with Gasteiger partial charge in [-0.1, -0.05) is 101 Å². The summed E-state index contributed by atoms with van der Waals surface area (Å²) in [5.41, 5.74) is 2.12. The number of rotatable bonds is 19. The Balaban J connectivity index is 0.00000684. The lowest BCUT2D eigenvalue weighted by atomic mass is 10.1. The van der Waals surface area contributed by atoms with Crippen molar-refractivity contribution in [2.24, 2.45) is 0 Å². The summed E-state index contributed by atoms with van der Waals surface area (Å²) >= 11 is 6.52. The monoisotopic (exact) mass is 642 g/mol. The van der Waals surface area contributed by atoms with Crippen molar-refractivity contribution in [2.75, 3.05) is 6.61 Å². The molecule has 0 N–H and O–H groups in total. The van der Waals surface area contributed by atoms with Crippen molar-refractivity contribution >= 4 is 17.5 Å². The fraction of sp³-hybridized carbons (Fsp3) is 0.613. The fourth-order valence-electron chi connectivity index (χ4n) is 4.54. The van der Waals surface area contributed by atoms with Crippen LogP contribution in [0.15, 0.2) is 42.6 Å². The molecule has 2 rings (SSSR count). The molecular weight excluding hydrogens is 595 g/mol. The van der Waals surface area contributed by atoms with E-state index < -0.39 is 0 Å². The summed E-state index contributed by atoms with van der Waals surface area (Å²) < 4.78 is 8.11. The van der Waals surface area contributed by atoms with Gasteiger partial charge < -0.3 is 33.6 Å². The van der Waals surface area contributed by atoms with Crippen molar-refractivity contribution in [3.05, 3.63) is 58.9 Å². The van der Waals surface area contributed by atoms with E-state index in [1.807, 2.05) is 41.4 Å². The molecule has 0 unspecified atom stereocenters. The standard InChI is InChI=1S/C31H48ClN2O2.HI/c1-4-6-7-8-9-10-11-12-13-14-15-18-23-36-31-21-20-28(24-30(31)32)25-34(27(3)35)26-29-19-16-17-22-33(29)5-2;/h16-17,19-22,24H,4-15,18,23,25-26H2,1-3H3;1H/q+1;/p-1. The van der Waals surface area contributed by atoms with Gasteiger partial charge in [0, 0.05) is 25.6 Å². The van der Waals surface area contributed by atoms with Crippen molar-refractivity contribution in [1.29, 1.82) is 0 Å². The number of nitrogens with zero attached hydrogens (tertiary/aromatic N) is 2. The Kier molecular flexibility index (Phi) is 18.8. The number of carbonyl (C=O) groups is 1. The molecule has 0 saturated heterocycles. The van der Waals surface area contributed by atoms with Crippen LogP contribution in [0.3, 0.4) is 0 Å². The number of aromatic nitrogens is 1. The van der Waals surface area contributed by atoms with E-state index in [0.717, 1.165) is 30.0 Å². The number of carbonyl (C=O) groups excluding carboxylic acids is 1. The van der Waals surface area contributed by atoms with Crippen LogP contribution in [0.5, 0.6) is 5.75 Å². The highest BCUT2D eigenvalue weighted by Gasteiger charge is 2.17. The lowest BCUT2D eigenvalue weighted by Crippen LogP contribution is -3.00. The van der Waals surface area contributed by atoms with Crippen molar-refractivity contribution in [3.8, 4) is 5.75 Å². The van der Waals surface area contributed by atoms with Crippen molar-refractivity contribution in [1.82, 2.24) is 4.90 Å². The zero-order valence-electron chi connectivity index (χ0n) is 23.3. The van der Waals surface area contributed by atoms with Gasteiger partial charge in [0.1, 0.15) is 18.8 Å². The maximum atomic E-state index is 12.3. The van der Waals surface area contributed by atoms with Gasteiger partial charge in [-0.3, -0.25) is 4.79 Å². The van der Waals surface area contributed by atoms with Crippen LogP contribution in [-0.2, 0) is 24.4 Å². The van der Waals surface area contributed by atoms with Crippen LogP contribution >= 0.6 is 11.6 Å². The topological polar surface area (TPSA) is 33.4 Å². The molecule has 1 aromatic carbocycles. The predicted octanol–water partition coefficient (Wildman–Crippen LogP) is 5.28. The molecule has 6 heteroatoms. The number of amides is 1. The Morgan fingerprint density at radius 3 is 2.05 bits per heavy atom. The number of hydrogen-bond donors (Lipinski definition) is 0. The molecule has 0 spiro atoms. The Morgan fingerprint density at radius 1 is 0.865 bits per heavy atom. The van der Waals surface area contributed by atoms with Gasteiger partial charge in [-0.25, -0.2) is 4.57 Å². The second kappa shape index (κ2) is 20.6. The highest BCUT2D eigenvalue weighted by Crippen LogP contribution is 2.26. The molecule has 1 amide bonds. The molecular formula is C31H48ClIN2O2. The third-order valence-corrected chi connectivity index (χ3v) is 7.09. The SMILES string of the molecule is CCCCCCCCCCCCCCOc1ccc(CN(Cc2cccc[n+]2CC)C(C)=O)cc1Cl.[I-]. The molecule has 0 saturated carbocycles. The fourth-order valence-corrected chi connectivity index (χ4v) is 4.80. The van der Waals surface area contributed by atoms with E-state index in [1.165, 1.54) is 70.6 Å². The average Bonchev–Trinajstić information content (AvgIpc) is 2.87. The quantitative estimate of drug-likeness (QED) is 0.119. The minimum absolute atomic E-state index is 0. The van der Waals surface area contributed by atoms with Gasteiger partial charge in [-0.05, 0) is 31.0 Å². The van der Waals surface area contributed by atoms with Gasteiger partial charge >= 0.3 is 0 Å². The Labute approximate surface area is 248 Å². The van der Waals surface area contributed by atoms with Crippen LogP contribution in [0.2, 0.25) is 5.02 Å². The molecule has 1 heterocycles. The zero-order chi connectivity index (χ0) is 26.0. The van der Waals surface area contributed by atoms with E-state index in [-0.39, 0.29) is 29.9 Å². The molecule has 0 radical (unpaired) electrons. The van der Waals surface area contributed by atoms with Crippen LogP contribution in [0.25, 0.3) is 0 Å². The Morgan fingerprint density at radius 2 is 1.49 bits per heavy atom. The normalized spacial score (nSPS) is 10.7. The van der Waals surface area contributed by atoms with Crippen molar-refractivity contribution in [3.63, 3.8) is 0 Å². The smallest absolute Gasteiger partial charge is 0.220 e. The molecule has 208 valence electrons. The van der Waals surface area contributed by atoms with Crippen molar-refractivity contribution < 1.29 is 38.1 Å². The second-order valence-electron chi connectivity index (χ2n) is 9.86. The Bertz CT molecular complexity index is 893. The number of hydrogen-bond acceptors (Lipinski definition) is 2. The van der Waals surface area contributed by atoms with Crippen LogP contribution in [0, 0.1) is 0 Å². The molecule has 4 nitrogen and oxygen atoms in total. The van der Waals surface area contributed by atoms with Crippen LogP contribution in [0.1, 0.15) is 109 Å². The molecule has 0 bridgehead atoms. The van der Waals surface area contributed by atoms with E-state index in [1.54, 1.807) is 6.92 Å². The van der Waals surface area contributed by atoms with Crippen LogP contribution < -0.4 is 33.3 Å². The molecule has 2 aromatic rings. The second-order valence-corrected chi connectivity index (χ2v) is 10.3. The third-order valence-electron chi connectivity index (χ3n) is 6.80. The average molecular weight is 643 g/mol. The summed E-state index contributed by atoms with van der Waals surface area (Å²) in [6.45, 7) is 8.66. The first-order valence-corrected chi connectivity index (χ1v) is 14.6. The van der Waals surface area contributed by atoms with Gasteiger partial charge in [0.2, 0.25) is 11.6 Å². The first kappa shape index (κ1) is 33.7. The third kappa shape index (κ3) is 13.9. The highest BCUT2D eigenvalue weighted by atomic mass is 127. The van der Waals surface area contributed by atoms with E-state index in [0.29, 0.717) is 24.7 Å². The molecule has 0 aliphatic rings. The summed E-state index contributed by atoms with van der Waals surface area (Å²) in [5, 5.41) is 0.610. The van der Waals surface area contributed by atoms with Gasteiger partial charge in [0.15, 0.2) is 6.20 Å². The molecule has 0 aliphatic carbocycles. The maximum Gasteiger partial charge on any atom is 0.220 e. The Hall–Kier alpha value is -1.34. The molecule has 0 aliphatic heterocycles. The van der Waals surface area contributed by atoms with Gasteiger partial charge in [-0.2, -0.15) is 0 Å². The van der Waals surface area contributed by atoms with Gasteiger partial charge in [-0.15, -0.1) is 0 Å². The molecule has 37 heavy (non-hydrogen) atoms. The van der Waals surface area contributed by atoms with Crippen LogP contribution in [-0.4, -0.2) is 17.4 Å². The molecule has 0 atom stereocenters. The number of benzene rings is 1. The van der Waals surface area contributed by atoms with E-state index in [4.69, 9.17) is 16.3 Å². The van der Waals surface area contributed by atoms with E-state index >= 15 is 0 Å². The number of ether oxygens (including phenoxy) is 1. The molecule has 1 aromatic heterocycles. The first-order chi connectivity index (χ1) is 17.5. The van der Waals surface area contributed by atoms with E-state index in [9.17, 15) is 4.79 Å². The largest absolute Gasteiger partial charge is 1.00 e. The number of pyridine rings is 1. The number of aryl methyl sites for hydroxylation is 1. The van der Waals surface area contributed by atoms with Gasteiger partial charge in [0.05, 0.1) is 11.6 Å².